The third kappa shape index (κ3) is 6.86. The van der Waals surface area contributed by atoms with E-state index in [2.05, 4.69) is 10.6 Å². The maximum absolute atomic E-state index is 13.5. The zero-order chi connectivity index (χ0) is 26.9. The number of thioether (sulfide) groups is 1. The predicted octanol–water partition coefficient (Wildman–Crippen LogP) is 6.44. The second-order valence-electron chi connectivity index (χ2n) is 8.21. The van der Waals surface area contributed by atoms with Gasteiger partial charge in [0.1, 0.15) is 22.5 Å². The molecular formula is C30H28N2O5S. The van der Waals surface area contributed by atoms with E-state index in [0.717, 1.165) is 10.5 Å². The van der Waals surface area contributed by atoms with Crippen LogP contribution in [0, 0.1) is 0 Å². The zero-order valence-corrected chi connectivity index (χ0v) is 22.1. The highest BCUT2D eigenvalue weighted by atomic mass is 32.2. The van der Waals surface area contributed by atoms with Gasteiger partial charge in [-0.1, -0.05) is 36.4 Å². The van der Waals surface area contributed by atoms with Gasteiger partial charge in [-0.15, -0.1) is 11.8 Å². The lowest BCUT2D eigenvalue weighted by Gasteiger charge is -2.18. The first kappa shape index (κ1) is 26.6. The van der Waals surface area contributed by atoms with Crippen molar-refractivity contribution in [2.24, 2.45) is 0 Å². The first-order chi connectivity index (χ1) is 18.5. The summed E-state index contributed by atoms with van der Waals surface area (Å²) in [7, 11) is 4.70. The van der Waals surface area contributed by atoms with E-state index in [1.165, 1.54) is 11.8 Å². The molecule has 0 aliphatic carbocycles. The molecule has 4 aromatic rings. The van der Waals surface area contributed by atoms with Crippen LogP contribution in [0.25, 0.3) is 0 Å². The summed E-state index contributed by atoms with van der Waals surface area (Å²) in [6, 6.07) is 29.1. The lowest BCUT2D eigenvalue weighted by Crippen LogP contribution is -2.19. The normalized spacial score (nSPS) is 11.2. The van der Waals surface area contributed by atoms with E-state index in [4.69, 9.17) is 14.2 Å². The summed E-state index contributed by atoms with van der Waals surface area (Å²) in [6.07, 6.45) is 0. The maximum atomic E-state index is 13.5. The van der Waals surface area contributed by atoms with Crippen molar-refractivity contribution in [1.29, 1.82) is 0 Å². The smallest absolute Gasteiger partial charge is 0.255 e. The van der Waals surface area contributed by atoms with Crippen molar-refractivity contribution in [3.05, 3.63) is 108 Å². The molecule has 4 aromatic carbocycles. The van der Waals surface area contributed by atoms with Gasteiger partial charge in [0.2, 0.25) is 5.91 Å². The molecule has 0 aliphatic heterocycles. The summed E-state index contributed by atoms with van der Waals surface area (Å²) in [5.74, 6) is 1.38. The van der Waals surface area contributed by atoms with Crippen LogP contribution in [0.15, 0.2) is 102 Å². The fraction of sp³-hybridized carbons (Fsp3) is 0.133. The number of hydrogen-bond acceptors (Lipinski definition) is 6. The monoisotopic (exact) mass is 528 g/mol. The van der Waals surface area contributed by atoms with Crippen LogP contribution in [0.1, 0.15) is 21.2 Å². The lowest BCUT2D eigenvalue weighted by molar-refractivity contribution is -0.115. The number of nitrogens with one attached hydrogen (secondary N) is 2. The van der Waals surface area contributed by atoms with Crippen LogP contribution in [0.2, 0.25) is 0 Å². The molecule has 0 spiro atoms. The Morgan fingerprint density at radius 2 is 1.32 bits per heavy atom. The standard InChI is InChI=1S/C30H28N2O5S/c1-35-24-14-12-21(13-15-24)29(33)31-22-10-7-11-27(18-22)38-28(20-8-5-4-6-9-20)30(34)32-23-16-25(36-2)19-26(17-23)37-3/h4-19,28H,1-3H3,(H,31,33)(H,32,34). The Labute approximate surface area is 226 Å². The van der Waals surface area contributed by atoms with Crippen LogP contribution in [-0.4, -0.2) is 33.1 Å². The van der Waals surface area contributed by atoms with E-state index in [1.807, 2.05) is 54.6 Å². The minimum Gasteiger partial charge on any atom is -0.497 e. The number of hydrogen-bond donors (Lipinski definition) is 2. The molecule has 0 aromatic heterocycles. The number of carbonyl (C=O) groups is 2. The molecule has 2 amide bonds. The van der Waals surface area contributed by atoms with Gasteiger partial charge in [0.05, 0.1) is 21.3 Å². The summed E-state index contributed by atoms with van der Waals surface area (Å²) >= 11 is 1.39. The Bertz CT molecular complexity index is 1370. The van der Waals surface area contributed by atoms with Crippen molar-refractivity contribution in [2.45, 2.75) is 10.1 Å². The highest BCUT2D eigenvalue weighted by Gasteiger charge is 2.23. The van der Waals surface area contributed by atoms with Crippen LogP contribution in [0.4, 0.5) is 11.4 Å². The number of benzene rings is 4. The molecular weight excluding hydrogens is 500 g/mol. The number of ether oxygens (including phenoxy) is 3. The van der Waals surface area contributed by atoms with Crippen molar-refractivity contribution < 1.29 is 23.8 Å². The van der Waals surface area contributed by atoms with Gasteiger partial charge in [0, 0.05) is 40.0 Å². The molecule has 38 heavy (non-hydrogen) atoms. The molecule has 0 saturated carbocycles. The second-order valence-corrected chi connectivity index (χ2v) is 9.39. The average Bonchev–Trinajstić information content (AvgIpc) is 2.96. The largest absolute Gasteiger partial charge is 0.497 e. The fourth-order valence-electron chi connectivity index (χ4n) is 3.72. The van der Waals surface area contributed by atoms with Crippen molar-refractivity contribution in [1.82, 2.24) is 0 Å². The van der Waals surface area contributed by atoms with Crippen LogP contribution in [0.3, 0.4) is 0 Å². The molecule has 194 valence electrons. The van der Waals surface area contributed by atoms with Crippen molar-refractivity contribution in [3.8, 4) is 17.2 Å². The van der Waals surface area contributed by atoms with Crippen LogP contribution in [0.5, 0.6) is 17.2 Å². The summed E-state index contributed by atoms with van der Waals surface area (Å²) in [5.41, 5.74) is 2.55. The van der Waals surface area contributed by atoms with Gasteiger partial charge in [-0.25, -0.2) is 0 Å². The van der Waals surface area contributed by atoms with E-state index in [1.54, 1.807) is 63.8 Å². The third-order valence-electron chi connectivity index (χ3n) is 5.66. The van der Waals surface area contributed by atoms with Gasteiger partial charge in [0.25, 0.3) is 5.91 Å². The highest BCUT2D eigenvalue weighted by Crippen LogP contribution is 2.38. The molecule has 8 heteroatoms. The Hall–Kier alpha value is -4.43. The Balaban J connectivity index is 1.54. The SMILES string of the molecule is COc1ccc(C(=O)Nc2cccc(SC(C(=O)Nc3cc(OC)cc(OC)c3)c3ccccc3)c2)cc1. The maximum Gasteiger partial charge on any atom is 0.255 e. The minimum atomic E-state index is -0.555. The number of methoxy groups -OCH3 is 3. The Kier molecular flexibility index (Phi) is 8.89. The molecule has 1 atom stereocenters. The molecule has 0 bridgehead atoms. The molecule has 7 nitrogen and oxygen atoms in total. The molecule has 0 radical (unpaired) electrons. The predicted molar refractivity (Wildman–Crippen MR) is 151 cm³/mol. The average molecular weight is 529 g/mol. The first-order valence-corrected chi connectivity index (χ1v) is 12.7. The highest BCUT2D eigenvalue weighted by molar-refractivity contribution is 8.00. The lowest BCUT2D eigenvalue weighted by atomic mass is 10.1. The van der Waals surface area contributed by atoms with Gasteiger partial charge in [-0.05, 0) is 48.0 Å². The Morgan fingerprint density at radius 3 is 1.95 bits per heavy atom. The fourth-order valence-corrected chi connectivity index (χ4v) is 4.80. The number of anilines is 2. The number of amides is 2. The summed E-state index contributed by atoms with van der Waals surface area (Å²) in [5, 5.41) is 5.36. The Morgan fingerprint density at radius 1 is 0.658 bits per heavy atom. The molecule has 0 aliphatic rings. The molecule has 0 heterocycles. The van der Waals surface area contributed by atoms with Gasteiger partial charge >= 0.3 is 0 Å². The van der Waals surface area contributed by atoms with Crippen molar-refractivity contribution in [2.75, 3.05) is 32.0 Å². The third-order valence-corrected chi connectivity index (χ3v) is 6.91. The summed E-state index contributed by atoms with van der Waals surface area (Å²) in [6.45, 7) is 0. The van der Waals surface area contributed by atoms with Crippen LogP contribution in [-0.2, 0) is 4.79 Å². The molecule has 1 unspecified atom stereocenters. The van der Waals surface area contributed by atoms with Crippen molar-refractivity contribution >= 4 is 35.0 Å². The second kappa shape index (κ2) is 12.7. The van der Waals surface area contributed by atoms with E-state index < -0.39 is 5.25 Å². The van der Waals surface area contributed by atoms with Crippen molar-refractivity contribution in [3.63, 3.8) is 0 Å². The quantitative estimate of drug-likeness (QED) is 0.231. The van der Waals surface area contributed by atoms with E-state index >= 15 is 0 Å². The molecule has 0 saturated heterocycles. The van der Waals surface area contributed by atoms with Gasteiger partial charge < -0.3 is 24.8 Å². The summed E-state index contributed by atoms with van der Waals surface area (Å²) < 4.78 is 15.8. The van der Waals surface area contributed by atoms with Crippen LogP contribution >= 0.6 is 11.8 Å². The van der Waals surface area contributed by atoms with Gasteiger partial charge in [0.15, 0.2) is 0 Å². The van der Waals surface area contributed by atoms with E-state index in [-0.39, 0.29) is 11.8 Å². The van der Waals surface area contributed by atoms with E-state index in [9.17, 15) is 9.59 Å². The minimum absolute atomic E-state index is 0.204. The summed E-state index contributed by atoms with van der Waals surface area (Å²) in [4.78, 5) is 27.1. The zero-order valence-electron chi connectivity index (χ0n) is 21.3. The molecule has 0 fully saturated rings. The van der Waals surface area contributed by atoms with Gasteiger partial charge in [-0.2, -0.15) is 0 Å². The van der Waals surface area contributed by atoms with Gasteiger partial charge in [-0.3, -0.25) is 9.59 Å². The van der Waals surface area contributed by atoms with Crippen LogP contribution < -0.4 is 24.8 Å². The van der Waals surface area contributed by atoms with E-state index in [0.29, 0.717) is 34.2 Å². The number of carbonyl (C=O) groups excluding carboxylic acids is 2. The molecule has 2 N–H and O–H groups in total. The number of rotatable bonds is 10. The topological polar surface area (TPSA) is 85.9 Å². The molecule has 4 rings (SSSR count). The first-order valence-electron chi connectivity index (χ1n) is 11.8.